The number of hydrogen-bond donors (Lipinski definition) is 0. The van der Waals surface area contributed by atoms with Gasteiger partial charge in [-0.2, -0.15) is 0 Å². The average molecular weight is 249 g/mol. The highest BCUT2D eigenvalue weighted by atomic mass is 35.5. The molecule has 0 saturated heterocycles. The number of alkyl halides is 1. The molecular formula is C15H17ClO. The zero-order valence-corrected chi connectivity index (χ0v) is 11.2. The Bertz CT molecular complexity index is 482. The van der Waals surface area contributed by atoms with Crippen molar-refractivity contribution >= 4 is 11.6 Å². The Balaban J connectivity index is 2.26. The Labute approximate surface area is 107 Å². The lowest BCUT2D eigenvalue weighted by molar-refractivity contribution is 0.513. The van der Waals surface area contributed by atoms with Crippen LogP contribution in [0.5, 0.6) is 0 Å². The van der Waals surface area contributed by atoms with Crippen LogP contribution in [-0.4, -0.2) is 0 Å². The van der Waals surface area contributed by atoms with Crippen molar-refractivity contribution in [3.8, 4) is 0 Å². The van der Waals surface area contributed by atoms with Gasteiger partial charge in [0.2, 0.25) is 0 Å². The standard InChI is InChI=1S/C15H17ClO/c1-10(2)12-4-6-13(7-5-12)14(16)15-11(3)8-9-17-15/h4-10,14H,1-3H3. The van der Waals surface area contributed by atoms with Gasteiger partial charge in [-0.15, -0.1) is 11.6 Å². The van der Waals surface area contributed by atoms with Crippen LogP contribution in [0.1, 0.15) is 47.6 Å². The van der Waals surface area contributed by atoms with E-state index in [1.165, 1.54) is 5.56 Å². The van der Waals surface area contributed by atoms with E-state index >= 15 is 0 Å². The molecular weight excluding hydrogens is 232 g/mol. The minimum Gasteiger partial charge on any atom is -0.467 e. The van der Waals surface area contributed by atoms with Crippen LogP contribution in [0, 0.1) is 6.92 Å². The number of furan rings is 1. The summed E-state index contributed by atoms with van der Waals surface area (Å²) >= 11 is 6.42. The van der Waals surface area contributed by atoms with Gasteiger partial charge in [0.15, 0.2) is 0 Å². The summed E-state index contributed by atoms with van der Waals surface area (Å²) in [7, 11) is 0. The number of hydrogen-bond acceptors (Lipinski definition) is 1. The summed E-state index contributed by atoms with van der Waals surface area (Å²) in [4.78, 5) is 0. The molecule has 2 rings (SSSR count). The second-order valence-electron chi connectivity index (χ2n) is 4.65. The van der Waals surface area contributed by atoms with E-state index in [0.29, 0.717) is 5.92 Å². The molecule has 0 fully saturated rings. The van der Waals surface area contributed by atoms with Crippen LogP contribution in [0.3, 0.4) is 0 Å². The molecule has 17 heavy (non-hydrogen) atoms. The molecule has 1 aromatic carbocycles. The van der Waals surface area contributed by atoms with Crippen LogP contribution in [0.2, 0.25) is 0 Å². The van der Waals surface area contributed by atoms with Gasteiger partial charge in [-0.25, -0.2) is 0 Å². The molecule has 0 N–H and O–H groups in total. The van der Waals surface area contributed by atoms with E-state index in [0.717, 1.165) is 16.9 Å². The highest BCUT2D eigenvalue weighted by molar-refractivity contribution is 6.22. The van der Waals surface area contributed by atoms with Crippen LogP contribution in [0.4, 0.5) is 0 Å². The smallest absolute Gasteiger partial charge is 0.128 e. The van der Waals surface area contributed by atoms with Crippen molar-refractivity contribution in [2.45, 2.75) is 32.1 Å². The van der Waals surface area contributed by atoms with Crippen molar-refractivity contribution in [1.29, 1.82) is 0 Å². The summed E-state index contributed by atoms with van der Waals surface area (Å²) in [6.45, 7) is 6.38. The Morgan fingerprint density at radius 1 is 1.00 bits per heavy atom. The average Bonchev–Trinajstić information content (AvgIpc) is 2.74. The minimum absolute atomic E-state index is 0.203. The maximum atomic E-state index is 6.42. The van der Waals surface area contributed by atoms with Gasteiger partial charge in [0.05, 0.1) is 6.26 Å². The molecule has 1 heterocycles. The number of halogens is 1. The van der Waals surface area contributed by atoms with Crippen molar-refractivity contribution in [2.75, 3.05) is 0 Å². The molecule has 0 aliphatic rings. The number of rotatable bonds is 3. The predicted molar refractivity (Wildman–Crippen MR) is 71.7 cm³/mol. The molecule has 1 nitrogen and oxygen atoms in total. The Morgan fingerprint density at radius 2 is 1.59 bits per heavy atom. The summed E-state index contributed by atoms with van der Waals surface area (Å²) < 4.78 is 5.43. The fourth-order valence-corrected chi connectivity index (χ4v) is 2.21. The summed E-state index contributed by atoms with van der Waals surface area (Å²) in [5.41, 5.74) is 3.50. The van der Waals surface area contributed by atoms with E-state index in [1.807, 2.05) is 13.0 Å². The van der Waals surface area contributed by atoms with Crippen LogP contribution in [0.25, 0.3) is 0 Å². The second-order valence-corrected chi connectivity index (χ2v) is 5.09. The summed E-state index contributed by atoms with van der Waals surface area (Å²) in [6.07, 6.45) is 1.68. The molecule has 90 valence electrons. The topological polar surface area (TPSA) is 13.1 Å². The fraction of sp³-hybridized carbons (Fsp3) is 0.333. The van der Waals surface area contributed by atoms with E-state index in [2.05, 4.69) is 38.1 Å². The third-order valence-corrected chi connectivity index (χ3v) is 3.48. The quantitative estimate of drug-likeness (QED) is 0.694. The van der Waals surface area contributed by atoms with Gasteiger partial charge in [-0.3, -0.25) is 0 Å². The maximum absolute atomic E-state index is 6.42. The van der Waals surface area contributed by atoms with Gasteiger partial charge in [0.1, 0.15) is 11.1 Å². The third-order valence-electron chi connectivity index (χ3n) is 3.03. The Morgan fingerprint density at radius 3 is 2.06 bits per heavy atom. The largest absolute Gasteiger partial charge is 0.467 e. The Kier molecular flexibility index (Phi) is 3.58. The summed E-state index contributed by atoms with van der Waals surface area (Å²) in [6, 6.07) is 10.4. The molecule has 0 radical (unpaired) electrons. The van der Waals surface area contributed by atoms with Crippen molar-refractivity contribution in [1.82, 2.24) is 0 Å². The predicted octanol–water partition coefficient (Wildman–Crippen LogP) is 5.04. The van der Waals surface area contributed by atoms with Crippen molar-refractivity contribution < 1.29 is 4.42 Å². The first-order valence-electron chi connectivity index (χ1n) is 5.87. The van der Waals surface area contributed by atoms with Gasteiger partial charge in [0.25, 0.3) is 0 Å². The molecule has 0 bridgehead atoms. The lowest BCUT2D eigenvalue weighted by Crippen LogP contribution is -1.94. The molecule has 0 amide bonds. The number of aryl methyl sites for hydroxylation is 1. The lowest BCUT2D eigenvalue weighted by atomic mass is 10.00. The molecule has 1 unspecified atom stereocenters. The van der Waals surface area contributed by atoms with Crippen LogP contribution in [-0.2, 0) is 0 Å². The van der Waals surface area contributed by atoms with Gasteiger partial charge >= 0.3 is 0 Å². The minimum atomic E-state index is -0.203. The van der Waals surface area contributed by atoms with Crippen LogP contribution >= 0.6 is 11.6 Å². The van der Waals surface area contributed by atoms with Gasteiger partial charge < -0.3 is 4.42 Å². The number of benzene rings is 1. The van der Waals surface area contributed by atoms with Gasteiger partial charge in [-0.05, 0) is 35.6 Å². The summed E-state index contributed by atoms with van der Waals surface area (Å²) in [5.74, 6) is 1.38. The van der Waals surface area contributed by atoms with Gasteiger partial charge in [-0.1, -0.05) is 38.1 Å². The molecule has 1 aromatic heterocycles. The van der Waals surface area contributed by atoms with E-state index in [1.54, 1.807) is 6.26 Å². The van der Waals surface area contributed by atoms with Crippen LogP contribution < -0.4 is 0 Å². The second kappa shape index (κ2) is 4.97. The van der Waals surface area contributed by atoms with Crippen molar-refractivity contribution in [2.24, 2.45) is 0 Å². The van der Waals surface area contributed by atoms with E-state index < -0.39 is 0 Å². The third kappa shape index (κ3) is 2.55. The van der Waals surface area contributed by atoms with Crippen molar-refractivity contribution in [3.05, 3.63) is 59.0 Å². The molecule has 2 aromatic rings. The van der Waals surface area contributed by atoms with E-state index in [9.17, 15) is 0 Å². The van der Waals surface area contributed by atoms with Crippen molar-refractivity contribution in [3.63, 3.8) is 0 Å². The summed E-state index contributed by atoms with van der Waals surface area (Å²) in [5, 5.41) is -0.203. The maximum Gasteiger partial charge on any atom is 0.128 e. The monoisotopic (exact) mass is 248 g/mol. The molecule has 1 atom stereocenters. The van der Waals surface area contributed by atoms with Crippen LogP contribution in [0.15, 0.2) is 41.0 Å². The first-order valence-corrected chi connectivity index (χ1v) is 6.31. The lowest BCUT2D eigenvalue weighted by Gasteiger charge is -2.10. The van der Waals surface area contributed by atoms with E-state index in [-0.39, 0.29) is 5.38 Å². The normalized spacial score (nSPS) is 13.0. The zero-order valence-electron chi connectivity index (χ0n) is 10.4. The molecule has 2 heteroatoms. The van der Waals surface area contributed by atoms with E-state index in [4.69, 9.17) is 16.0 Å². The highest BCUT2D eigenvalue weighted by Gasteiger charge is 2.16. The highest BCUT2D eigenvalue weighted by Crippen LogP contribution is 2.32. The SMILES string of the molecule is Cc1ccoc1C(Cl)c1ccc(C(C)C)cc1. The fourth-order valence-electron chi connectivity index (χ4n) is 1.85. The molecule has 0 saturated carbocycles. The molecule has 0 aliphatic carbocycles. The first-order chi connectivity index (χ1) is 8.09. The molecule has 0 spiro atoms. The van der Waals surface area contributed by atoms with Gasteiger partial charge in [0, 0.05) is 0 Å². The Hall–Kier alpha value is -1.21. The first kappa shape index (κ1) is 12.3. The zero-order chi connectivity index (χ0) is 12.4. The molecule has 0 aliphatic heterocycles.